The van der Waals surface area contributed by atoms with E-state index >= 15 is 0 Å². The lowest BCUT2D eigenvalue weighted by molar-refractivity contribution is -0.125. The van der Waals surface area contributed by atoms with Crippen molar-refractivity contribution in [3.63, 3.8) is 0 Å². The Bertz CT molecular complexity index is 948. The highest BCUT2D eigenvalue weighted by Gasteiger charge is 2.29. The standard InChI is InChI=1S/C25H33N3O4/c1-7-16(2)21(24(31)28-25(3,4)5)27-23(30)19-10-8-9-11-20(19)26-22(29)17-12-14-18(32-6)15-13-17/h8-16,21H,7H2,1-6H3,(H,26,29)(H,27,30)(H,28,31). The maximum atomic E-state index is 13.1. The Balaban J connectivity index is 2.22. The molecule has 0 saturated heterocycles. The number of hydrogen-bond donors (Lipinski definition) is 3. The minimum absolute atomic E-state index is 0.0673. The Morgan fingerprint density at radius 1 is 0.969 bits per heavy atom. The molecule has 0 aliphatic carbocycles. The number of anilines is 1. The minimum atomic E-state index is -0.697. The fraction of sp³-hybridized carbons (Fsp3) is 0.400. The number of ether oxygens (including phenoxy) is 1. The van der Waals surface area contributed by atoms with E-state index < -0.39 is 17.5 Å². The van der Waals surface area contributed by atoms with E-state index in [1.54, 1.807) is 55.6 Å². The second-order valence-corrected chi connectivity index (χ2v) is 8.80. The molecule has 0 fully saturated rings. The van der Waals surface area contributed by atoms with E-state index in [4.69, 9.17) is 4.74 Å². The average molecular weight is 440 g/mol. The van der Waals surface area contributed by atoms with Gasteiger partial charge in [-0.15, -0.1) is 0 Å². The number of methoxy groups -OCH3 is 1. The van der Waals surface area contributed by atoms with Gasteiger partial charge in [0.1, 0.15) is 11.8 Å². The summed E-state index contributed by atoms with van der Waals surface area (Å²) in [6.45, 7) is 9.57. The first-order valence-corrected chi connectivity index (χ1v) is 10.7. The van der Waals surface area contributed by atoms with Crippen LogP contribution in [-0.2, 0) is 4.79 Å². The molecule has 172 valence electrons. The van der Waals surface area contributed by atoms with Gasteiger partial charge in [0, 0.05) is 11.1 Å². The molecule has 2 aromatic carbocycles. The van der Waals surface area contributed by atoms with Crippen molar-refractivity contribution < 1.29 is 19.1 Å². The molecule has 0 aliphatic rings. The average Bonchev–Trinajstić information content (AvgIpc) is 2.75. The molecule has 2 rings (SSSR count). The molecule has 0 aliphatic heterocycles. The number of amides is 3. The van der Waals surface area contributed by atoms with Gasteiger partial charge >= 0.3 is 0 Å². The Morgan fingerprint density at radius 3 is 2.16 bits per heavy atom. The normalized spacial score (nSPS) is 12.9. The predicted molar refractivity (Wildman–Crippen MR) is 126 cm³/mol. The first-order chi connectivity index (χ1) is 15.1. The first-order valence-electron chi connectivity index (χ1n) is 10.7. The molecule has 0 spiro atoms. The van der Waals surface area contributed by atoms with Gasteiger partial charge in [0.25, 0.3) is 11.8 Å². The number of rotatable bonds is 8. The first kappa shape index (κ1) is 24.9. The van der Waals surface area contributed by atoms with Crippen LogP contribution in [-0.4, -0.2) is 36.4 Å². The number of carbonyl (C=O) groups is 3. The molecule has 0 saturated carbocycles. The highest BCUT2D eigenvalue weighted by Crippen LogP contribution is 2.19. The van der Waals surface area contributed by atoms with Crippen LogP contribution in [0.15, 0.2) is 48.5 Å². The fourth-order valence-electron chi connectivity index (χ4n) is 3.10. The molecule has 32 heavy (non-hydrogen) atoms. The largest absolute Gasteiger partial charge is 0.497 e. The molecule has 2 unspecified atom stereocenters. The van der Waals surface area contributed by atoms with Gasteiger partial charge < -0.3 is 20.7 Å². The Hall–Kier alpha value is -3.35. The molecule has 2 aromatic rings. The second-order valence-electron chi connectivity index (χ2n) is 8.80. The molecular formula is C25H33N3O4. The van der Waals surface area contributed by atoms with Crippen molar-refractivity contribution in [1.82, 2.24) is 10.6 Å². The van der Waals surface area contributed by atoms with Crippen LogP contribution in [0.25, 0.3) is 0 Å². The van der Waals surface area contributed by atoms with Gasteiger partial charge in [-0.1, -0.05) is 32.4 Å². The number of carbonyl (C=O) groups excluding carboxylic acids is 3. The fourth-order valence-corrected chi connectivity index (χ4v) is 3.10. The van der Waals surface area contributed by atoms with E-state index in [2.05, 4.69) is 16.0 Å². The van der Waals surface area contributed by atoms with Gasteiger partial charge in [-0.3, -0.25) is 14.4 Å². The summed E-state index contributed by atoms with van der Waals surface area (Å²) in [6.07, 6.45) is 0.721. The van der Waals surface area contributed by atoms with Crippen molar-refractivity contribution in [2.75, 3.05) is 12.4 Å². The van der Waals surface area contributed by atoms with Crippen LogP contribution in [0.5, 0.6) is 5.75 Å². The van der Waals surface area contributed by atoms with Gasteiger partial charge in [-0.25, -0.2) is 0 Å². The zero-order chi connectivity index (χ0) is 23.9. The van der Waals surface area contributed by atoms with Gasteiger partial charge in [0.15, 0.2) is 0 Å². The number of nitrogens with one attached hydrogen (secondary N) is 3. The molecule has 7 nitrogen and oxygen atoms in total. The Labute approximate surface area is 189 Å². The highest BCUT2D eigenvalue weighted by atomic mass is 16.5. The molecule has 0 radical (unpaired) electrons. The van der Waals surface area contributed by atoms with E-state index in [0.717, 1.165) is 6.42 Å². The van der Waals surface area contributed by atoms with E-state index in [1.807, 2.05) is 34.6 Å². The molecular weight excluding hydrogens is 406 g/mol. The van der Waals surface area contributed by atoms with Gasteiger partial charge in [-0.05, 0) is 63.1 Å². The van der Waals surface area contributed by atoms with Crippen LogP contribution in [0, 0.1) is 5.92 Å². The van der Waals surface area contributed by atoms with E-state index in [0.29, 0.717) is 17.0 Å². The van der Waals surface area contributed by atoms with Crippen LogP contribution in [0.1, 0.15) is 61.8 Å². The molecule has 3 amide bonds. The van der Waals surface area contributed by atoms with Crippen molar-refractivity contribution in [3.05, 3.63) is 59.7 Å². The maximum absolute atomic E-state index is 13.1. The number of para-hydroxylation sites is 1. The molecule has 0 bridgehead atoms. The van der Waals surface area contributed by atoms with Crippen molar-refractivity contribution in [2.24, 2.45) is 5.92 Å². The summed E-state index contributed by atoms with van der Waals surface area (Å²) in [7, 11) is 1.55. The third kappa shape index (κ3) is 6.83. The molecule has 0 aromatic heterocycles. The summed E-state index contributed by atoms with van der Waals surface area (Å²) >= 11 is 0. The summed E-state index contributed by atoms with van der Waals surface area (Å²) in [6, 6.07) is 12.7. The smallest absolute Gasteiger partial charge is 0.255 e. The highest BCUT2D eigenvalue weighted by molar-refractivity contribution is 6.09. The van der Waals surface area contributed by atoms with E-state index in [1.165, 1.54) is 0 Å². The lowest BCUT2D eigenvalue weighted by Crippen LogP contribution is -2.54. The lowest BCUT2D eigenvalue weighted by Gasteiger charge is -2.28. The summed E-state index contributed by atoms with van der Waals surface area (Å²) in [5, 5.41) is 8.58. The molecule has 7 heteroatoms. The summed E-state index contributed by atoms with van der Waals surface area (Å²) in [5.74, 6) is -0.435. The van der Waals surface area contributed by atoms with Gasteiger partial charge in [-0.2, -0.15) is 0 Å². The Kier molecular flexibility index (Phi) is 8.41. The quantitative estimate of drug-likeness (QED) is 0.579. The molecule has 3 N–H and O–H groups in total. The van der Waals surface area contributed by atoms with Crippen LogP contribution >= 0.6 is 0 Å². The molecule has 0 heterocycles. The van der Waals surface area contributed by atoms with Crippen LogP contribution < -0.4 is 20.7 Å². The number of benzene rings is 2. The van der Waals surface area contributed by atoms with Crippen molar-refractivity contribution in [2.45, 2.75) is 52.6 Å². The second kappa shape index (κ2) is 10.8. The predicted octanol–water partition coefficient (Wildman–Crippen LogP) is 4.01. The summed E-state index contributed by atoms with van der Waals surface area (Å²) < 4.78 is 5.12. The van der Waals surface area contributed by atoms with E-state index in [9.17, 15) is 14.4 Å². The maximum Gasteiger partial charge on any atom is 0.255 e. The third-order valence-corrected chi connectivity index (χ3v) is 5.05. The SMILES string of the molecule is CCC(C)C(NC(=O)c1ccccc1NC(=O)c1ccc(OC)cc1)C(=O)NC(C)(C)C. The summed E-state index contributed by atoms with van der Waals surface area (Å²) in [5.41, 5.74) is 0.664. The van der Waals surface area contributed by atoms with Crippen molar-refractivity contribution in [1.29, 1.82) is 0 Å². The monoisotopic (exact) mass is 439 g/mol. The topological polar surface area (TPSA) is 96.5 Å². The van der Waals surface area contributed by atoms with Crippen molar-refractivity contribution in [3.8, 4) is 5.75 Å². The molecule has 2 atom stereocenters. The zero-order valence-electron chi connectivity index (χ0n) is 19.6. The zero-order valence-corrected chi connectivity index (χ0v) is 19.6. The van der Waals surface area contributed by atoms with Gasteiger partial charge in [0.05, 0.1) is 18.4 Å². The summed E-state index contributed by atoms with van der Waals surface area (Å²) in [4.78, 5) is 38.6. The van der Waals surface area contributed by atoms with Crippen LogP contribution in [0.4, 0.5) is 5.69 Å². The van der Waals surface area contributed by atoms with E-state index in [-0.39, 0.29) is 23.3 Å². The van der Waals surface area contributed by atoms with Gasteiger partial charge in [0.2, 0.25) is 5.91 Å². The van der Waals surface area contributed by atoms with Crippen molar-refractivity contribution >= 4 is 23.4 Å². The van der Waals surface area contributed by atoms with Crippen LogP contribution in [0.2, 0.25) is 0 Å². The minimum Gasteiger partial charge on any atom is -0.497 e. The third-order valence-electron chi connectivity index (χ3n) is 5.05. The van der Waals surface area contributed by atoms with Crippen LogP contribution in [0.3, 0.4) is 0 Å². The lowest BCUT2D eigenvalue weighted by atomic mass is 9.96. The number of hydrogen-bond acceptors (Lipinski definition) is 4. The Morgan fingerprint density at radius 2 is 1.59 bits per heavy atom.